The van der Waals surface area contributed by atoms with E-state index in [1.807, 2.05) is 12.1 Å². The Morgan fingerprint density at radius 1 is 1.50 bits per heavy atom. The molecule has 110 valence electrons. The van der Waals surface area contributed by atoms with Crippen LogP contribution in [-0.2, 0) is 4.79 Å². The summed E-state index contributed by atoms with van der Waals surface area (Å²) < 4.78 is 1.06. The van der Waals surface area contributed by atoms with Gasteiger partial charge in [-0.1, -0.05) is 22.9 Å². The lowest BCUT2D eigenvalue weighted by Gasteiger charge is -2.29. The normalized spacial score (nSPS) is 19.4. The molecule has 0 saturated heterocycles. The maximum absolute atomic E-state index is 11.5. The van der Waals surface area contributed by atoms with Gasteiger partial charge < -0.3 is 5.11 Å². The Hall–Kier alpha value is -0.520. The Morgan fingerprint density at radius 3 is 2.60 bits per heavy atom. The van der Waals surface area contributed by atoms with Crippen LogP contribution in [0, 0.1) is 0 Å². The van der Waals surface area contributed by atoms with Crippen molar-refractivity contribution in [3.8, 4) is 0 Å². The van der Waals surface area contributed by atoms with Gasteiger partial charge >= 0.3 is 5.97 Å². The standard InChI is InChI=1S/C15H20BrNO2S/c1-10(20-13-7-3-11(16)4-8-13)9-15(2,14(18)19)17-12-5-6-12/h3-4,7-8,10,12,17H,5-6,9H2,1-2H3,(H,18,19). The first-order valence-corrected chi connectivity index (χ1v) is 8.49. The van der Waals surface area contributed by atoms with Crippen LogP contribution in [0.5, 0.6) is 0 Å². The SMILES string of the molecule is CC(CC(C)(NC1CC1)C(=O)O)Sc1ccc(Br)cc1. The van der Waals surface area contributed by atoms with Crippen LogP contribution in [0.15, 0.2) is 33.6 Å². The molecular weight excluding hydrogens is 338 g/mol. The van der Waals surface area contributed by atoms with E-state index in [4.69, 9.17) is 0 Å². The molecular formula is C15H20BrNO2S. The fourth-order valence-corrected chi connectivity index (χ4v) is 3.69. The van der Waals surface area contributed by atoms with Gasteiger partial charge in [0.1, 0.15) is 5.54 Å². The van der Waals surface area contributed by atoms with E-state index in [1.54, 1.807) is 18.7 Å². The lowest BCUT2D eigenvalue weighted by atomic mass is 9.96. The van der Waals surface area contributed by atoms with E-state index in [0.29, 0.717) is 12.5 Å². The summed E-state index contributed by atoms with van der Waals surface area (Å²) in [5.41, 5.74) is -0.830. The third kappa shape index (κ3) is 4.50. The molecule has 1 aliphatic carbocycles. The second-order valence-corrected chi connectivity index (χ2v) is 8.07. The van der Waals surface area contributed by atoms with Crippen molar-refractivity contribution in [2.24, 2.45) is 0 Å². The molecule has 0 spiro atoms. The number of carboxylic acids is 1. The molecule has 2 atom stereocenters. The van der Waals surface area contributed by atoms with Gasteiger partial charge in [0, 0.05) is 20.7 Å². The van der Waals surface area contributed by atoms with Crippen molar-refractivity contribution in [3.05, 3.63) is 28.7 Å². The molecule has 2 N–H and O–H groups in total. The zero-order valence-electron chi connectivity index (χ0n) is 11.7. The van der Waals surface area contributed by atoms with E-state index < -0.39 is 11.5 Å². The van der Waals surface area contributed by atoms with E-state index in [2.05, 4.69) is 40.3 Å². The van der Waals surface area contributed by atoms with E-state index in [0.717, 1.165) is 17.3 Å². The fourth-order valence-electron chi connectivity index (χ4n) is 2.25. The zero-order valence-corrected chi connectivity index (χ0v) is 14.1. The summed E-state index contributed by atoms with van der Waals surface area (Å²) >= 11 is 5.14. The highest BCUT2D eigenvalue weighted by atomic mass is 79.9. The van der Waals surface area contributed by atoms with Crippen molar-refractivity contribution in [1.29, 1.82) is 0 Å². The van der Waals surface area contributed by atoms with Crippen LogP contribution in [0.25, 0.3) is 0 Å². The molecule has 0 aliphatic heterocycles. The second kappa shape index (κ2) is 6.50. The Kier molecular flexibility index (Phi) is 5.15. The van der Waals surface area contributed by atoms with Crippen molar-refractivity contribution in [1.82, 2.24) is 5.32 Å². The number of hydrogen-bond acceptors (Lipinski definition) is 3. The Balaban J connectivity index is 1.95. The molecule has 0 amide bonds. The maximum Gasteiger partial charge on any atom is 0.323 e. The largest absolute Gasteiger partial charge is 0.480 e. The van der Waals surface area contributed by atoms with Crippen molar-refractivity contribution in [2.45, 2.75) is 54.8 Å². The van der Waals surface area contributed by atoms with Gasteiger partial charge in [0.2, 0.25) is 0 Å². The Labute approximate surface area is 132 Å². The van der Waals surface area contributed by atoms with Crippen LogP contribution >= 0.6 is 27.7 Å². The number of nitrogens with one attached hydrogen (secondary N) is 1. The predicted molar refractivity (Wildman–Crippen MR) is 86.3 cm³/mol. The van der Waals surface area contributed by atoms with Crippen LogP contribution in [0.1, 0.15) is 33.1 Å². The summed E-state index contributed by atoms with van der Waals surface area (Å²) in [5, 5.41) is 13.0. The quantitative estimate of drug-likeness (QED) is 0.726. The summed E-state index contributed by atoms with van der Waals surface area (Å²) in [6, 6.07) is 8.51. The average Bonchev–Trinajstić information content (AvgIpc) is 3.15. The number of halogens is 1. The van der Waals surface area contributed by atoms with E-state index in [1.165, 1.54) is 4.90 Å². The summed E-state index contributed by atoms with van der Waals surface area (Å²) in [6.45, 7) is 3.88. The maximum atomic E-state index is 11.5. The van der Waals surface area contributed by atoms with Crippen molar-refractivity contribution >= 4 is 33.7 Å². The van der Waals surface area contributed by atoms with E-state index >= 15 is 0 Å². The molecule has 3 nitrogen and oxygen atoms in total. The molecule has 1 saturated carbocycles. The van der Waals surface area contributed by atoms with Gasteiger partial charge in [0.15, 0.2) is 0 Å². The van der Waals surface area contributed by atoms with Crippen molar-refractivity contribution in [2.75, 3.05) is 0 Å². The third-order valence-corrected chi connectivity index (χ3v) is 5.06. The molecule has 0 bridgehead atoms. The average molecular weight is 358 g/mol. The van der Waals surface area contributed by atoms with E-state index in [9.17, 15) is 9.90 Å². The van der Waals surface area contributed by atoms with Gasteiger partial charge in [-0.2, -0.15) is 0 Å². The monoisotopic (exact) mass is 357 g/mol. The molecule has 1 fully saturated rings. The first-order valence-electron chi connectivity index (χ1n) is 6.82. The molecule has 1 aromatic rings. The number of benzene rings is 1. The van der Waals surface area contributed by atoms with Gasteiger partial charge in [-0.05, 0) is 50.5 Å². The highest BCUT2D eigenvalue weighted by Crippen LogP contribution is 2.31. The third-order valence-electron chi connectivity index (χ3n) is 3.42. The first kappa shape index (κ1) is 15.9. The number of hydrogen-bond donors (Lipinski definition) is 2. The molecule has 1 aromatic carbocycles. The van der Waals surface area contributed by atoms with Crippen LogP contribution in [-0.4, -0.2) is 27.9 Å². The van der Waals surface area contributed by atoms with Gasteiger partial charge in [-0.15, -0.1) is 11.8 Å². The summed E-state index contributed by atoms with van der Waals surface area (Å²) in [4.78, 5) is 12.7. The number of aliphatic carboxylic acids is 1. The highest BCUT2D eigenvalue weighted by molar-refractivity contribution is 9.10. The first-order chi connectivity index (χ1) is 9.39. The highest BCUT2D eigenvalue weighted by Gasteiger charge is 2.39. The summed E-state index contributed by atoms with van der Waals surface area (Å²) in [6.07, 6.45) is 2.80. The molecule has 1 aliphatic rings. The van der Waals surface area contributed by atoms with E-state index in [-0.39, 0.29) is 5.25 Å². The topological polar surface area (TPSA) is 49.3 Å². The number of carbonyl (C=O) groups is 1. The molecule has 20 heavy (non-hydrogen) atoms. The minimum absolute atomic E-state index is 0.239. The molecule has 2 unspecified atom stereocenters. The van der Waals surface area contributed by atoms with Gasteiger partial charge in [0.25, 0.3) is 0 Å². The number of rotatable bonds is 7. The molecule has 0 heterocycles. The molecule has 0 aromatic heterocycles. The minimum atomic E-state index is -0.830. The fraction of sp³-hybridized carbons (Fsp3) is 0.533. The number of thioether (sulfide) groups is 1. The van der Waals surface area contributed by atoms with Gasteiger partial charge in [-0.25, -0.2) is 0 Å². The van der Waals surface area contributed by atoms with Crippen molar-refractivity contribution in [3.63, 3.8) is 0 Å². The Morgan fingerprint density at radius 2 is 2.10 bits per heavy atom. The van der Waals surface area contributed by atoms with Crippen LogP contribution in [0.4, 0.5) is 0 Å². The van der Waals surface area contributed by atoms with Gasteiger partial charge in [-0.3, -0.25) is 10.1 Å². The van der Waals surface area contributed by atoms with Crippen LogP contribution in [0.2, 0.25) is 0 Å². The molecule has 0 radical (unpaired) electrons. The summed E-state index contributed by atoms with van der Waals surface area (Å²) in [5.74, 6) is -0.757. The molecule has 5 heteroatoms. The van der Waals surface area contributed by atoms with Crippen LogP contribution in [0.3, 0.4) is 0 Å². The van der Waals surface area contributed by atoms with Gasteiger partial charge in [0.05, 0.1) is 0 Å². The van der Waals surface area contributed by atoms with Crippen molar-refractivity contribution < 1.29 is 9.90 Å². The number of carboxylic acid groups (broad SMARTS) is 1. The minimum Gasteiger partial charge on any atom is -0.480 e. The zero-order chi connectivity index (χ0) is 14.8. The summed E-state index contributed by atoms with van der Waals surface area (Å²) in [7, 11) is 0. The molecule has 2 rings (SSSR count). The lowest BCUT2D eigenvalue weighted by molar-refractivity contribution is -0.144. The van der Waals surface area contributed by atoms with Crippen LogP contribution < -0.4 is 5.32 Å². The second-order valence-electron chi connectivity index (χ2n) is 5.64. The lowest BCUT2D eigenvalue weighted by Crippen LogP contribution is -2.51. The Bertz CT molecular complexity index is 475. The smallest absolute Gasteiger partial charge is 0.323 e. The predicted octanol–water partition coefficient (Wildman–Crippen LogP) is 3.92.